The van der Waals surface area contributed by atoms with Crippen LogP contribution in [0.5, 0.6) is 0 Å². The van der Waals surface area contributed by atoms with Crippen LogP contribution in [0, 0.1) is 10.1 Å². The number of carbonyl (C=O) groups excluding carboxylic acids is 1. The zero-order chi connectivity index (χ0) is 18.5. The Kier molecular flexibility index (Phi) is 4.70. The number of aromatic nitrogens is 1. The van der Waals surface area contributed by atoms with E-state index in [0.717, 1.165) is 5.56 Å². The maximum atomic E-state index is 12.0. The van der Waals surface area contributed by atoms with Gasteiger partial charge in [0.25, 0.3) is 5.69 Å². The predicted octanol–water partition coefficient (Wildman–Crippen LogP) is 2.73. The van der Waals surface area contributed by atoms with Crippen LogP contribution < -0.4 is 5.73 Å². The lowest BCUT2D eigenvalue weighted by molar-refractivity contribution is -0.384. The van der Waals surface area contributed by atoms with E-state index in [2.05, 4.69) is 10.3 Å². The molecule has 26 heavy (non-hydrogen) atoms. The second-order valence-electron chi connectivity index (χ2n) is 5.10. The number of nitrogens with zero attached hydrogens (tertiary/aromatic N) is 3. The van der Waals surface area contributed by atoms with Gasteiger partial charge in [-0.3, -0.25) is 10.1 Å². The summed E-state index contributed by atoms with van der Waals surface area (Å²) in [5.74, 6) is -0.550. The lowest BCUT2D eigenvalue weighted by atomic mass is 10.2. The van der Waals surface area contributed by atoms with Crippen molar-refractivity contribution in [3.05, 3.63) is 82.0 Å². The van der Waals surface area contributed by atoms with Crippen LogP contribution in [0.15, 0.2) is 70.3 Å². The second-order valence-corrected chi connectivity index (χ2v) is 5.10. The van der Waals surface area contributed by atoms with Gasteiger partial charge in [-0.15, -0.1) is 0 Å². The third kappa shape index (κ3) is 3.73. The molecule has 1 aromatic heterocycles. The molecule has 1 heterocycles. The summed E-state index contributed by atoms with van der Waals surface area (Å²) in [6, 6.07) is 15.9. The minimum absolute atomic E-state index is 0.0656. The van der Waals surface area contributed by atoms with Crippen LogP contribution in [0.25, 0.3) is 11.3 Å². The molecular weight excluding hydrogens is 340 g/mol. The summed E-state index contributed by atoms with van der Waals surface area (Å²) in [6.07, 6.45) is 0. The lowest BCUT2D eigenvalue weighted by Crippen LogP contribution is -2.15. The monoisotopic (exact) mass is 352 g/mol. The van der Waals surface area contributed by atoms with E-state index in [0.29, 0.717) is 11.3 Å². The van der Waals surface area contributed by atoms with E-state index >= 15 is 0 Å². The summed E-state index contributed by atoms with van der Waals surface area (Å²) in [5, 5.41) is 17.8. The Balaban J connectivity index is 1.69. The van der Waals surface area contributed by atoms with Gasteiger partial charge in [0.05, 0.1) is 4.92 Å². The Morgan fingerprint density at radius 1 is 1.15 bits per heavy atom. The first-order valence-corrected chi connectivity index (χ1v) is 7.36. The SMILES string of the molecule is N/C(=N\OC(=O)c1cc(-c2ccccc2)on1)c1ccc([N+](=O)[O-])cc1. The average Bonchev–Trinajstić information content (AvgIpc) is 3.17. The summed E-state index contributed by atoms with van der Waals surface area (Å²) in [4.78, 5) is 26.8. The molecule has 0 bridgehead atoms. The molecular formula is C17H12N4O5. The molecule has 0 aliphatic heterocycles. The molecule has 2 aromatic carbocycles. The van der Waals surface area contributed by atoms with Gasteiger partial charge >= 0.3 is 5.97 Å². The van der Waals surface area contributed by atoms with E-state index in [-0.39, 0.29) is 17.2 Å². The number of nitrogens with two attached hydrogens (primary N) is 1. The van der Waals surface area contributed by atoms with Crippen molar-refractivity contribution in [3.63, 3.8) is 0 Å². The first-order valence-electron chi connectivity index (χ1n) is 7.36. The Bertz CT molecular complexity index is 964. The molecule has 0 amide bonds. The van der Waals surface area contributed by atoms with Crippen molar-refractivity contribution < 1.29 is 19.1 Å². The van der Waals surface area contributed by atoms with E-state index in [1.165, 1.54) is 30.3 Å². The summed E-state index contributed by atoms with van der Waals surface area (Å²) >= 11 is 0. The molecule has 0 unspecified atom stereocenters. The average molecular weight is 352 g/mol. The highest BCUT2D eigenvalue weighted by Gasteiger charge is 2.16. The molecule has 0 saturated carbocycles. The van der Waals surface area contributed by atoms with Gasteiger partial charge in [0.2, 0.25) is 0 Å². The van der Waals surface area contributed by atoms with Crippen LogP contribution >= 0.6 is 0 Å². The maximum Gasteiger partial charge on any atom is 0.387 e. The quantitative estimate of drug-likeness (QED) is 0.245. The molecule has 9 nitrogen and oxygen atoms in total. The topological polar surface area (TPSA) is 134 Å². The number of amidine groups is 1. The number of oxime groups is 1. The van der Waals surface area contributed by atoms with Crippen molar-refractivity contribution in [3.8, 4) is 11.3 Å². The fourth-order valence-corrected chi connectivity index (χ4v) is 2.05. The predicted molar refractivity (Wildman–Crippen MR) is 91.2 cm³/mol. The van der Waals surface area contributed by atoms with Gasteiger partial charge < -0.3 is 15.1 Å². The van der Waals surface area contributed by atoms with Crippen molar-refractivity contribution in [1.29, 1.82) is 0 Å². The van der Waals surface area contributed by atoms with Gasteiger partial charge in [-0.05, 0) is 12.1 Å². The fraction of sp³-hybridized carbons (Fsp3) is 0. The third-order valence-electron chi connectivity index (χ3n) is 3.38. The summed E-state index contributed by atoms with van der Waals surface area (Å²) in [5.41, 5.74) is 6.68. The highest BCUT2D eigenvalue weighted by Crippen LogP contribution is 2.20. The molecule has 0 saturated heterocycles. The van der Waals surface area contributed by atoms with E-state index in [4.69, 9.17) is 15.1 Å². The molecule has 3 rings (SSSR count). The molecule has 0 spiro atoms. The largest absolute Gasteiger partial charge is 0.387 e. The second kappa shape index (κ2) is 7.26. The molecule has 9 heteroatoms. The fourth-order valence-electron chi connectivity index (χ4n) is 2.05. The Morgan fingerprint density at radius 2 is 1.85 bits per heavy atom. The smallest absolute Gasteiger partial charge is 0.380 e. The molecule has 0 radical (unpaired) electrons. The number of rotatable bonds is 5. The van der Waals surface area contributed by atoms with Crippen molar-refractivity contribution >= 4 is 17.5 Å². The Labute approximate surface area is 146 Å². The van der Waals surface area contributed by atoms with Gasteiger partial charge in [-0.2, -0.15) is 0 Å². The van der Waals surface area contributed by atoms with Crippen molar-refractivity contribution in [2.45, 2.75) is 0 Å². The minimum Gasteiger partial charge on any atom is -0.380 e. The number of carbonyl (C=O) groups is 1. The lowest BCUT2D eigenvalue weighted by Gasteiger charge is -1.99. The van der Waals surface area contributed by atoms with Gasteiger partial charge in [0.15, 0.2) is 17.3 Å². The van der Waals surface area contributed by atoms with Crippen LogP contribution in [0.2, 0.25) is 0 Å². The zero-order valence-corrected chi connectivity index (χ0v) is 13.2. The number of hydrogen-bond donors (Lipinski definition) is 1. The molecule has 0 aliphatic carbocycles. The number of nitro benzene ring substituents is 1. The normalized spacial score (nSPS) is 11.2. The molecule has 0 atom stereocenters. The van der Waals surface area contributed by atoms with Crippen molar-refractivity contribution in [2.24, 2.45) is 10.9 Å². The van der Waals surface area contributed by atoms with Gasteiger partial charge in [-0.25, -0.2) is 4.79 Å². The number of non-ortho nitro benzene ring substituents is 1. The van der Waals surface area contributed by atoms with Gasteiger partial charge in [0.1, 0.15) is 0 Å². The van der Waals surface area contributed by atoms with Crippen LogP contribution in [-0.4, -0.2) is 21.9 Å². The maximum absolute atomic E-state index is 12.0. The summed E-state index contributed by atoms with van der Waals surface area (Å²) in [7, 11) is 0. The van der Waals surface area contributed by atoms with E-state index in [1.54, 1.807) is 12.1 Å². The Hall–Kier alpha value is -4.01. The van der Waals surface area contributed by atoms with Crippen LogP contribution in [0.1, 0.15) is 16.1 Å². The number of hydrogen-bond acceptors (Lipinski definition) is 7. The highest BCUT2D eigenvalue weighted by molar-refractivity contribution is 5.98. The van der Waals surface area contributed by atoms with E-state index < -0.39 is 10.9 Å². The molecule has 130 valence electrons. The summed E-state index contributed by atoms with van der Waals surface area (Å²) < 4.78 is 5.10. The first-order chi connectivity index (χ1) is 12.5. The van der Waals surface area contributed by atoms with Crippen LogP contribution in [0.3, 0.4) is 0 Å². The molecule has 0 fully saturated rings. The first kappa shape index (κ1) is 16.8. The third-order valence-corrected chi connectivity index (χ3v) is 3.38. The Morgan fingerprint density at radius 3 is 2.50 bits per heavy atom. The van der Waals surface area contributed by atoms with E-state index in [9.17, 15) is 14.9 Å². The molecule has 0 aliphatic rings. The highest BCUT2D eigenvalue weighted by atomic mass is 16.7. The van der Waals surface area contributed by atoms with Crippen molar-refractivity contribution in [2.75, 3.05) is 0 Å². The van der Waals surface area contributed by atoms with Gasteiger partial charge in [0, 0.05) is 29.3 Å². The van der Waals surface area contributed by atoms with Crippen molar-refractivity contribution in [1.82, 2.24) is 5.16 Å². The molecule has 2 N–H and O–H groups in total. The minimum atomic E-state index is -0.846. The van der Waals surface area contributed by atoms with Crippen LogP contribution in [0.4, 0.5) is 5.69 Å². The zero-order valence-electron chi connectivity index (χ0n) is 13.2. The standard InChI is InChI=1S/C17H12N4O5/c18-16(12-6-8-13(9-7-12)21(23)24)20-26-17(22)14-10-15(25-19-14)11-4-2-1-3-5-11/h1-10H,(H2,18,20). The van der Waals surface area contributed by atoms with Gasteiger partial charge in [-0.1, -0.05) is 40.6 Å². The van der Waals surface area contributed by atoms with Crippen LogP contribution in [-0.2, 0) is 4.84 Å². The number of nitro groups is 1. The molecule has 3 aromatic rings. The number of benzene rings is 2. The van der Waals surface area contributed by atoms with E-state index in [1.807, 2.05) is 18.2 Å². The summed E-state index contributed by atoms with van der Waals surface area (Å²) in [6.45, 7) is 0.